The van der Waals surface area contributed by atoms with Crippen LogP contribution in [-0.4, -0.2) is 34.4 Å². The van der Waals surface area contributed by atoms with E-state index in [-0.39, 0.29) is 29.6 Å². The number of carbonyl (C=O) groups excluding carboxylic acids is 1. The molecule has 1 atom stereocenters. The number of hydrogen-bond donors (Lipinski definition) is 2. The molecule has 130 valence electrons. The van der Waals surface area contributed by atoms with Crippen molar-refractivity contribution in [2.75, 3.05) is 6.61 Å². The zero-order valence-corrected chi connectivity index (χ0v) is 14.7. The van der Waals surface area contributed by atoms with E-state index in [9.17, 15) is 15.0 Å². The first-order valence-corrected chi connectivity index (χ1v) is 8.53. The van der Waals surface area contributed by atoms with Crippen molar-refractivity contribution in [1.82, 2.24) is 0 Å². The number of Topliss-reactive ketones (excluding diaryl/α,β-unsaturated/α-hetero) is 1. The number of ketones is 1. The molecule has 0 radical (unpaired) electrons. The Hall–Kier alpha value is -1.94. The zero-order chi connectivity index (χ0) is 17.7. The zero-order valence-electron chi connectivity index (χ0n) is 14.7. The van der Waals surface area contributed by atoms with Crippen LogP contribution in [0.4, 0.5) is 0 Å². The molecule has 4 heteroatoms. The molecule has 0 amide bonds. The van der Waals surface area contributed by atoms with E-state index in [4.69, 9.17) is 0 Å². The monoisotopic (exact) mass is 329 g/mol. The van der Waals surface area contributed by atoms with Gasteiger partial charge < -0.3 is 10.2 Å². The lowest BCUT2D eigenvalue weighted by atomic mass is 9.73. The summed E-state index contributed by atoms with van der Waals surface area (Å²) in [4.78, 5) is 17.2. The molecular formula is C20H27NO3. The van der Waals surface area contributed by atoms with Crippen LogP contribution in [0.5, 0.6) is 0 Å². The summed E-state index contributed by atoms with van der Waals surface area (Å²) < 4.78 is 0. The first-order valence-electron chi connectivity index (χ1n) is 8.53. The number of hydrogen-bond acceptors (Lipinski definition) is 4. The molecule has 0 heterocycles. The van der Waals surface area contributed by atoms with Crippen molar-refractivity contribution < 1.29 is 15.0 Å². The molecule has 1 aromatic carbocycles. The SMILES string of the molecule is CCC(CO)N=C1CC(C)(C)CC(=O)/C1=C(/O)Cc1ccccc1. The molecule has 1 fully saturated rings. The molecule has 1 unspecified atom stereocenters. The Morgan fingerprint density at radius 1 is 1.25 bits per heavy atom. The van der Waals surface area contributed by atoms with Gasteiger partial charge in [0.2, 0.25) is 0 Å². The van der Waals surface area contributed by atoms with E-state index in [2.05, 4.69) is 4.99 Å². The summed E-state index contributed by atoms with van der Waals surface area (Å²) in [5, 5.41) is 20.1. The number of carbonyl (C=O) groups is 1. The standard InChI is InChI=1S/C20H27NO3/c1-4-15(13-22)21-16-11-20(2,3)12-18(24)19(16)17(23)10-14-8-6-5-7-9-14/h5-9,15,22-23H,4,10-13H2,1-3H3/b19-17+,21-16?. The maximum Gasteiger partial charge on any atom is 0.168 e. The van der Waals surface area contributed by atoms with Gasteiger partial charge in [0.15, 0.2) is 5.78 Å². The number of nitrogens with zero attached hydrogens (tertiary/aromatic N) is 1. The largest absolute Gasteiger partial charge is 0.511 e. The Morgan fingerprint density at radius 2 is 1.92 bits per heavy atom. The van der Waals surface area contributed by atoms with Crippen molar-refractivity contribution in [3.8, 4) is 0 Å². The van der Waals surface area contributed by atoms with Crippen molar-refractivity contribution in [3.05, 3.63) is 47.2 Å². The van der Waals surface area contributed by atoms with Gasteiger partial charge in [-0.3, -0.25) is 9.79 Å². The van der Waals surface area contributed by atoms with Crippen LogP contribution >= 0.6 is 0 Å². The Balaban J connectivity index is 2.41. The van der Waals surface area contributed by atoms with E-state index >= 15 is 0 Å². The fourth-order valence-corrected chi connectivity index (χ4v) is 3.09. The topological polar surface area (TPSA) is 69.9 Å². The molecule has 1 aromatic rings. The summed E-state index contributed by atoms with van der Waals surface area (Å²) in [7, 11) is 0. The maximum atomic E-state index is 12.6. The van der Waals surface area contributed by atoms with Gasteiger partial charge in [0.25, 0.3) is 0 Å². The summed E-state index contributed by atoms with van der Waals surface area (Å²) >= 11 is 0. The molecule has 0 spiro atoms. The first-order chi connectivity index (χ1) is 11.4. The van der Waals surface area contributed by atoms with Gasteiger partial charge in [-0.15, -0.1) is 0 Å². The number of aliphatic imine (C=N–C) groups is 1. The molecule has 1 aliphatic rings. The van der Waals surface area contributed by atoms with Crippen LogP contribution < -0.4 is 0 Å². The van der Waals surface area contributed by atoms with E-state index < -0.39 is 0 Å². The highest BCUT2D eigenvalue weighted by Gasteiger charge is 2.36. The minimum atomic E-state index is -0.235. The minimum Gasteiger partial charge on any atom is -0.511 e. The Bertz CT molecular complexity index is 640. The van der Waals surface area contributed by atoms with E-state index in [1.165, 1.54) is 0 Å². The summed E-state index contributed by atoms with van der Waals surface area (Å²) in [6.07, 6.45) is 2.04. The van der Waals surface area contributed by atoms with Crippen molar-refractivity contribution in [1.29, 1.82) is 0 Å². The molecule has 2 rings (SSSR count). The van der Waals surface area contributed by atoms with E-state index in [1.54, 1.807) is 0 Å². The predicted molar refractivity (Wildman–Crippen MR) is 96.4 cm³/mol. The van der Waals surface area contributed by atoms with E-state index in [0.29, 0.717) is 37.0 Å². The van der Waals surface area contributed by atoms with E-state index in [1.807, 2.05) is 51.1 Å². The third-order valence-corrected chi connectivity index (χ3v) is 4.38. The van der Waals surface area contributed by atoms with Crippen molar-refractivity contribution in [2.45, 2.75) is 52.5 Å². The maximum absolute atomic E-state index is 12.6. The number of benzene rings is 1. The van der Waals surface area contributed by atoms with Gasteiger partial charge in [0, 0.05) is 18.6 Å². The second-order valence-corrected chi connectivity index (χ2v) is 7.25. The molecule has 0 bridgehead atoms. The second kappa shape index (κ2) is 7.75. The van der Waals surface area contributed by atoms with Crippen LogP contribution in [0.2, 0.25) is 0 Å². The molecule has 2 N–H and O–H groups in total. The summed E-state index contributed by atoms with van der Waals surface area (Å²) in [6.45, 7) is 5.96. The normalized spacial score (nSPS) is 22.5. The van der Waals surface area contributed by atoms with Crippen LogP contribution in [0.25, 0.3) is 0 Å². The highest BCUT2D eigenvalue weighted by Crippen LogP contribution is 2.36. The first kappa shape index (κ1) is 18.4. The van der Waals surface area contributed by atoms with Gasteiger partial charge in [0.05, 0.1) is 18.2 Å². The Morgan fingerprint density at radius 3 is 2.50 bits per heavy atom. The second-order valence-electron chi connectivity index (χ2n) is 7.25. The summed E-state index contributed by atoms with van der Waals surface area (Å²) in [6, 6.07) is 9.35. The van der Waals surface area contributed by atoms with Crippen molar-refractivity contribution in [3.63, 3.8) is 0 Å². The highest BCUT2D eigenvalue weighted by atomic mass is 16.3. The van der Waals surface area contributed by atoms with Crippen LogP contribution in [0.3, 0.4) is 0 Å². The molecule has 24 heavy (non-hydrogen) atoms. The van der Waals surface area contributed by atoms with Gasteiger partial charge in [-0.2, -0.15) is 0 Å². The van der Waals surface area contributed by atoms with Crippen LogP contribution in [0.1, 0.15) is 45.6 Å². The van der Waals surface area contributed by atoms with E-state index in [0.717, 1.165) is 5.56 Å². The van der Waals surface area contributed by atoms with Gasteiger partial charge in [-0.1, -0.05) is 51.1 Å². The average Bonchev–Trinajstić information content (AvgIpc) is 2.51. The molecule has 4 nitrogen and oxygen atoms in total. The molecule has 0 aliphatic heterocycles. The van der Waals surface area contributed by atoms with Gasteiger partial charge in [-0.25, -0.2) is 0 Å². The Kier molecular flexibility index (Phi) is 5.94. The van der Waals surface area contributed by atoms with Gasteiger partial charge in [-0.05, 0) is 23.8 Å². The van der Waals surface area contributed by atoms with Crippen LogP contribution in [0.15, 0.2) is 46.7 Å². The lowest BCUT2D eigenvalue weighted by molar-refractivity contribution is -0.117. The summed E-state index contributed by atoms with van der Waals surface area (Å²) in [5.74, 6) is 0.0134. The smallest absolute Gasteiger partial charge is 0.168 e. The lowest BCUT2D eigenvalue weighted by Crippen LogP contribution is -2.34. The molecular weight excluding hydrogens is 302 g/mol. The predicted octanol–water partition coefficient (Wildman–Crippen LogP) is 3.64. The number of aliphatic hydroxyl groups excluding tert-OH is 2. The van der Waals surface area contributed by atoms with Crippen molar-refractivity contribution >= 4 is 11.5 Å². The molecule has 0 aromatic heterocycles. The average molecular weight is 329 g/mol. The fourth-order valence-electron chi connectivity index (χ4n) is 3.09. The number of rotatable bonds is 5. The molecule has 1 aliphatic carbocycles. The van der Waals surface area contributed by atoms with Crippen LogP contribution in [0, 0.1) is 5.41 Å². The Labute approximate surface area is 143 Å². The number of aliphatic hydroxyl groups is 2. The molecule has 0 saturated heterocycles. The lowest BCUT2D eigenvalue weighted by Gasteiger charge is -2.32. The third-order valence-electron chi connectivity index (χ3n) is 4.38. The van der Waals surface area contributed by atoms with Gasteiger partial charge >= 0.3 is 0 Å². The van der Waals surface area contributed by atoms with Crippen molar-refractivity contribution in [2.24, 2.45) is 10.4 Å². The fraction of sp³-hybridized carbons (Fsp3) is 0.500. The van der Waals surface area contributed by atoms with Gasteiger partial charge in [0.1, 0.15) is 5.76 Å². The third kappa shape index (κ3) is 4.54. The molecule has 1 saturated carbocycles. The summed E-state index contributed by atoms with van der Waals surface area (Å²) in [5.41, 5.74) is 1.75. The quantitative estimate of drug-likeness (QED) is 0.640. The number of allylic oxidation sites excluding steroid dienone is 2. The minimum absolute atomic E-state index is 0.0542. The highest BCUT2D eigenvalue weighted by molar-refractivity contribution is 6.24. The van der Waals surface area contributed by atoms with Crippen LogP contribution in [-0.2, 0) is 11.2 Å².